The number of benzene rings is 4. The molecule has 0 fully saturated rings. The quantitative estimate of drug-likeness (QED) is 0.280. The number of fused-ring (bicyclic) bond motifs is 5. The number of para-hydroxylation sites is 2. The summed E-state index contributed by atoms with van der Waals surface area (Å²) in [6.07, 6.45) is 5.40. The normalized spacial score (nSPS) is 24.2. The third-order valence-electron chi connectivity index (χ3n) is 9.33. The fraction of sp³-hybridized carbons (Fsp3) is 0.303. The van der Waals surface area contributed by atoms with Crippen molar-refractivity contribution >= 4 is 39.7 Å². The number of hydrogen-bond acceptors (Lipinski definition) is 4. The lowest BCUT2D eigenvalue weighted by molar-refractivity contribution is 0.0696. The van der Waals surface area contributed by atoms with Gasteiger partial charge in [0.2, 0.25) is 5.72 Å². The van der Waals surface area contributed by atoms with E-state index in [9.17, 15) is 0 Å². The largest absolute Gasteiger partial charge is 0.459 e. The molecule has 0 amide bonds. The van der Waals surface area contributed by atoms with Crippen LogP contribution in [0.3, 0.4) is 0 Å². The van der Waals surface area contributed by atoms with Gasteiger partial charge in [-0.1, -0.05) is 60.7 Å². The molecule has 4 nitrogen and oxygen atoms in total. The lowest BCUT2D eigenvalue weighted by atomic mass is 9.77. The molecule has 4 aliphatic heterocycles. The van der Waals surface area contributed by atoms with Crippen molar-refractivity contribution in [2.45, 2.75) is 57.2 Å². The number of hydrogen-bond donors (Lipinski definition) is 0. The standard InChI is InChI=1S/C33H31N3O/c1-21-15-16-23-10-8-13-26-31(23)36(21)33(32(26,2)3)20-34-30-25-12-6-5-11-24(25)28(19-29(30)37-33)35-18-17-22-9-4-7-14-27(22)35/h4-14,19-21H,15-18H2,1-3H3. The molecule has 0 bridgehead atoms. The summed E-state index contributed by atoms with van der Waals surface area (Å²) in [6.45, 7) is 7.95. The van der Waals surface area contributed by atoms with Gasteiger partial charge in [0.05, 0.1) is 17.3 Å². The molecule has 0 N–H and O–H groups in total. The van der Waals surface area contributed by atoms with Gasteiger partial charge in [0.15, 0.2) is 5.75 Å². The Morgan fingerprint density at radius 3 is 2.54 bits per heavy atom. The highest BCUT2D eigenvalue weighted by molar-refractivity contribution is 6.07. The van der Waals surface area contributed by atoms with Crippen LogP contribution >= 0.6 is 0 Å². The van der Waals surface area contributed by atoms with Gasteiger partial charge in [0, 0.05) is 40.8 Å². The van der Waals surface area contributed by atoms with E-state index in [2.05, 4.69) is 110 Å². The molecule has 0 aliphatic carbocycles. The van der Waals surface area contributed by atoms with Crippen molar-refractivity contribution in [2.75, 3.05) is 16.3 Å². The average Bonchev–Trinajstić information content (AvgIpc) is 3.43. The van der Waals surface area contributed by atoms with Crippen LogP contribution in [-0.4, -0.2) is 24.5 Å². The van der Waals surface area contributed by atoms with Crippen molar-refractivity contribution < 1.29 is 4.74 Å². The third kappa shape index (κ3) is 2.61. The molecule has 4 aromatic rings. The zero-order valence-electron chi connectivity index (χ0n) is 21.7. The highest BCUT2D eigenvalue weighted by Crippen LogP contribution is 2.59. The maximum Gasteiger partial charge on any atom is 0.229 e. The SMILES string of the molecule is CC1CCc2cccc3c2N1C1(C=Nc2c(cc(N4CCc5ccccc54)c4ccccc24)O1)C3(C)C. The first-order valence-corrected chi connectivity index (χ1v) is 13.6. The maximum absolute atomic E-state index is 7.29. The van der Waals surface area contributed by atoms with Gasteiger partial charge in [-0.05, 0) is 62.8 Å². The number of nitrogens with zero attached hydrogens (tertiary/aromatic N) is 3. The van der Waals surface area contributed by atoms with E-state index < -0.39 is 5.72 Å². The molecular formula is C33H31N3O. The second kappa shape index (κ2) is 7.16. The Labute approximate surface area is 218 Å². The lowest BCUT2D eigenvalue weighted by Gasteiger charge is -2.49. The maximum atomic E-state index is 7.29. The van der Waals surface area contributed by atoms with Crippen molar-refractivity contribution in [1.29, 1.82) is 0 Å². The second-order valence-corrected chi connectivity index (χ2v) is 11.6. The first kappa shape index (κ1) is 21.3. The smallest absolute Gasteiger partial charge is 0.229 e. The molecular weight excluding hydrogens is 454 g/mol. The van der Waals surface area contributed by atoms with Crippen LogP contribution in [0.25, 0.3) is 10.8 Å². The van der Waals surface area contributed by atoms with Crippen molar-refractivity contribution in [2.24, 2.45) is 4.99 Å². The van der Waals surface area contributed by atoms with Gasteiger partial charge in [0.25, 0.3) is 0 Å². The summed E-state index contributed by atoms with van der Waals surface area (Å²) in [4.78, 5) is 10.2. The summed E-state index contributed by atoms with van der Waals surface area (Å²) in [5.74, 6) is 0.876. The van der Waals surface area contributed by atoms with Gasteiger partial charge < -0.3 is 14.5 Å². The molecule has 4 heteroatoms. The van der Waals surface area contributed by atoms with E-state index in [1.807, 2.05) is 0 Å². The molecule has 184 valence electrons. The Hall–Kier alpha value is -3.79. The first-order chi connectivity index (χ1) is 18.0. The van der Waals surface area contributed by atoms with Crippen LogP contribution in [0, 0.1) is 0 Å². The van der Waals surface area contributed by atoms with Gasteiger partial charge in [-0.3, -0.25) is 4.99 Å². The Morgan fingerprint density at radius 1 is 0.865 bits per heavy atom. The summed E-state index contributed by atoms with van der Waals surface area (Å²) in [6, 6.07) is 26.8. The van der Waals surface area contributed by atoms with E-state index in [0.717, 1.165) is 42.6 Å². The van der Waals surface area contributed by atoms with Crippen LogP contribution < -0.4 is 14.5 Å². The van der Waals surface area contributed by atoms with Crippen molar-refractivity contribution in [3.8, 4) is 5.75 Å². The molecule has 4 heterocycles. The van der Waals surface area contributed by atoms with Crippen LogP contribution in [0.2, 0.25) is 0 Å². The molecule has 2 unspecified atom stereocenters. The van der Waals surface area contributed by atoms with E-state index in [0.29, 0.717) is 6.04 Å². The highest BCUT2D eigenvalue weighted by atomic mass is 16.5. The third-order valence-corrected chi connectivity index (χ3v) is 9.33. The van der Waals surface area contributed by atoms with E-state index in [-0.39, 0.29) is 5.41 Å². The van der Waals surface area contributed by atoms with Gasteiger partial charge >= 0.3 is 0 Å². The number of rotatable bonds is 1. The minimum Gasteiger partial charge on any atom is -0.459 e. The van der Waals surface area contributed by atoms with Crippen LogP contribution in [-0.2, 0) is 18.3 Å². The molecule has 0 aromatic heterocycles. The molecule has 4 aromatic carbocycles. The molecule has 4 aliphatic rings. The topological polar surface area (TPSA) is 28.1 Å². The molecule has 2 atom stereocenters. The van der Waals surface area contributed by atoms with Gasteiger partial charge in [0.1, 0.15) is 5.69 Å². The number of aryl methyl sites for hydroxylation is 1. The Kier molecular flexibility index (Phi) is 4.12. The number of aliphatic imine (C=N–C) groups is 1. The van der Waals surface area contributed by atoms with E-state index >= 15 is 0 Å². The monoisotopic (exact) mass is 485 g/mol. The Bertz CT molecular complexity index is 1640. The lowest BCUT2D eigenvalue weighted by Crippen LogP contribution is -2.65. The van der Waals surface area contributed by atoms with Crippen molar-refractivity contribution in [1.82, 2.24) is 0 Å². The Morgan fingerprint density at radius 2 is 1.65 bits per heavy atom. The molecule has 37 heavy (non-hydrogen) atoms. The van der Waals surface area contributed by atoms with Gasteiger partial charge in [-0.2, -0.15) is 0 Å². The Balaban J connectivity index is 1.35. The fourth-order valence-corrected chi connectivity index (χ4v) is 7.37. The number of anilines is 3. The minimum atomic E-state index is -0.666. The summed E-state index contributed by atoms with van der Waals surface area (Å²) >= 11 is 0. The second-order valence-electron chi connectivity index (χ2n) is 11.6. The minimum absolute atomic E-state index is 0.260. The summed E-state index contributed by atoms with van der Waals surface area (Å²) in [7, 11) is 0. The predicted molar refractivity (Wildman–Crippen MR) is 152 cm³/mol. The fourth-order valence-electron chi connectivity index (χ4n) is 7.37. The van der Waals surface area contributed by atoms with Gasteiger partial charge in [-0.15, -0.1) is 0 Å². The first-order valence-electron chi connectivity index (χ1n) is 13.6. The summed E-state index contributed by atoms with van der Waals surface area (Å²) < 4.78 is 7.29. The zero-order chi connectivity index (χ0) is 24.9. The highest BCUT2D eigenvalue weighted by Gasteiger charge is 2.62. The molecule has 0 saturated heterocycles. The summed E-state index contributed by atoms with van der Waals surface area (Å²) in [5.41, 5.74) is 8.06. The van der Waals surface area contributed by atoms with E-state index in [1.54, 1.807) is 0 Å². The van der Waals surface area contributed by atoms with Gasteiger partial charge in [-0.25, -0.2) is 0 Å². The van der Waals surface area contributed by atoms with E-state index in [1.165, 1.54) is 39.1 Å². The zero-order valence-corrected chi connectivity index (χ0v) is 21.7. The molecule has 0 saturated carbocycles. The summed E-state index contributed by atoms with van der Waals surface area (Å²) in [5, 5.41) is 2.36. The van der Waals surface area contributed by atoms with Crippen LogP contribution in [0.5, 0.6) is 5.75 Å². The van der Waals surface area contributed by atoms with Crippen molar-refractivity contribution in [3.05, 3.63) is 89.5 Å². The van der Waals surface area contributed by atoms with Crippen LogP contribution in [0.1, 0.15) is 43.9 Å². The number of ether oxygens (including phenoxy) is 1. The molecule has 0 radical (unpaired) electrons. The average molecular weight is 486 g/mol. The van der Waals surface area contributed by atoms with Crippen LogP contribution in [0.15, 0.2) is 77.8 Å². The van der Waals surface area contributed by atoms with Crippen molar-refractivity contribution in [3.63, 3.8) is 0 Å². The molecule has 1 spiro atoms. The van der Waals surface area contributed by atoms with E-state index in [4.69, 9.17) is 9.73 Å². The molecule has 8 rings (SSSR count). The van der Waals surface area contributed by atoms with Crippen LogP contribution in [0.4, 0.5) is 22.7 Å². The predicted octanol–water partition coefficient (Wildman–Crippen LogP) is 7.46.